The quantitative estimate of drug-likeness (QED) is 0.0506. The van der Waals surface area contributed by atoms with Crippen molar-refractivity contribution in [3.05, 3.63) is 59.9 Å². The lowest BCUT2D eigenvalue weighted by atomic mass is 10.0. The molecule has 1 N–H and O–H groups in total. The summed E-state index contributed by atoms with van der Waals surface area (Å²) in [6.07, 6.45) is 20.9. The molecule has 1 aromatic heterocycles. The van der Waals surface area contributed by atoms with Crippen LogP contribution in [-0.4, -0.2) is 93.3 Å². The maximum atomic E-state index is 13.7. The standard InChI is InChI=1S/C46H72N4O9/c1-5-7-8-9-10-11-12-13-14-15-16-17-18-19-20-24-31-47-44(52)59-39-29-33-49(34-30-39)45(53)57-36-40(55-3)37-58-46(54)50(35-38-26-23-25-32-48(38)6-2)43(51)41-27-21-22-28-42(41)56-4/h21-23,25-28,32,39-40H,5-20,24,29-31,33-37H2,1-4H3/p+1/t40-/m1/s1. The van der Waals surface area contributed by atoms with Crippen LogP contribution in [0.5, 0.6) is 5.75 Å². The van der Waals surface area contributed by atoms with Crippen molar-refractivity contribution >= 4 is 24.2 Å². The summed E-state index contributed by atoms with van der Waals surface area (Å²) in [5, 5.41) is 2.87. The molecule has 0 aliphatic carbocycles. The van der Waals surface area contributed by atoms with Gasteiger partial charge in [-0.15, -0.1) is 0 Å². The Morgan fingerprint density at radius 1 is 0.763 bits per heavy atom. The zero-order chi connectivity index (χ0) is 42.5. The van der Waals surface area contributed by atoms with Crippen molar-refractivity contribution in [3.63, 3.8) is 0 Å². The van der Waals surface area contributed by atoms with Crippen LogP contribution >= 0.6 is 0 Å². The van der Waals surface area contributed by atoms with Crippen molar-refractivity contribution in [2.24, 2.45) is 0 Å². The molecule has 0 unspecified atom stereocenters. The molecule has 1 aliphatic heterocycles. The summed E-state index contributed by atoms with van der Waals surface area (Å²) in [6, 6.07) is 12.2. The second-order valence-electron chi connectivity index (χ2n) is 15.4. The average molecular weight is 826 g/mol. The second-order valence-corrected chi connectivity index (χ2v) is 15.4. The number of methoxy groups -OCH3 is 2. The number of imide groups is 1. The topological polar surface area (TPSA) is 137 Å². The fourth-order valence-electron chi connectivity index (χ4n) is 7.21. The van der Waals surface area contributed by atoms with Crippen LogP contribution in [0.4, 0.5) is 14.4 Å². The molecule has 330 valence electrons. The van der Waals surface area contributed by atoms with Crippen molar-refractivity contribution in [1.82, 2.24) is 15.1 Å². The van der Waals surface area contributed by atoms with Crippen LogP contribution in [-0.2, 0) is 32.0 Å². The van der Waals surface area contributed by atoms with Crippen LogP contribution in [0.1, 0.15) is 145 Å². The van der Waals surface area contributed by atoms with Gasteiger partial charge >= 0.3 is 18.3 Å². The predicted octanol–water partition coefficient (Wildman–Crippen LogP) is 9.39. The number of hydrogen-bond acceptors (Lipinski definition) is 9. The van der Waals surface area contributed by atoms with Gasteiger partial charge < -0.3 is 33.9 Å². The number of para-hydroxylation sites is 1. The number of nitrogens with zero attached hydrogens (tertiary/aromatic N) is 3. The van der Waals surface area contributed by atoms with Gasteiger partial charge in [-0.2, -0.15) is 0 Å². The highest BCUT2D eigenvalue weighted by Crippen LogP contribution is 2.21. The van der Waals surface area contributed by atoms with Gasteiger partial charge in [0.05, 0.1) is 12.7 Å². The number of rotatable bonds is 28. The van der Waals surface area contributed by atoms with E-state index >= 15 is 0 Å². The number of likely N-dealkylation sites (tertiary alicyclic amines) is 1. The second kappa shape index (κ2) is 29.8. The first-order valence-corrected chi connectivity index (χ1v) is 22.3. The third kappa shape index (κ3) is 19.0. The van der Waals surface area contributed by atoms with E-state index in [1.165, 1.54) is 104 Å². The molecule has 13 heteroatoms. The lowest BCUT2D eigenvalue weighted by molar-refractivity contribution is -0.701. The molecule has 1 aliphatic rings. The number of piperidine rings is 1. The Balaban J connectivity index is 1.28. The van der Waals surface area contributed by atoms with E-state index in [0.717, 1.165) is 23.4 Å². The van der Waals surface area contributed by atoms with Gasteiger partial charge in [0.1, 0.15) is 44.3 Å². The van der Waals surface area contributed by atoms with Gasteiger partial charge in [0.15, 0.2) is 6.20 Å². The summed E-state index contributed by atoms with van der Waals surface area (Å²) in [6.45, 7) is 5.75. The van der Waals surface area contributed by atoms with E-state index in [9.17, 15) is 19.2 Å². The van der Waals surface area contributed by atoms with Gasteiger partial charge in [-0.05, 0) is 25.5 Å². The Hall–Kier alpha value is -4.39. The minimum atomic E-state index is -0.878. The Morgan fingerprint density at radius 3 is 1.93 bits per heavy atom. The lowest BCUT2D eigenvalue weighted by Crippen LogP contribution is -2.45. The number of alkyl carbamates (subject to hydrolysis) is 1. The summed E-state index contributed by atoms with van der Waals surface area (Å²) in [4.78, 5) is 55.1. The van der Waals surface area contributed by atoms with Crippen LogP contribution in [0.15, 0.2) is 48.7 Å². The average Bonchev–Trinajstić information content (AvgIpc) is 3.26. The van der Waals surface area contributed by atoms with Gasteiger partial charge in [-0.25, -0.2) is 23.9 Å². The van der Waals surface area contributed by atoms with E-state index in [1.807, 2.05) is 35.9 Å². The molecule has 13 nitrogen and oxygen atoms in total. The van der Waals surface area contributed by atoms with E-state index < -0.39 is 30.3 Å². The highest BCUT2D eigenvalue weighted by atomic mass is 16.6. The van der Waals surface area contributed by atoms with Gasteiger partial charge in [-0.1, -0.05) is 121 Å². The maximum absolute atomic E-state index is 13.7. The van der Waals surface area contributed by atoms with Gasteiger partial charge in [-0.3, -0.25) is 4.79 Å². The van der Waals surface area contributed by atoms with Gasteiger partial charge in [0.2, 0.25) is 5.69 Å². The van der Waals surface area contributed by atoms with Crippen LogP contribution in [0.2, 0.25) is 0 Å². The SMILES string of the molecule is CCCCCCCCCCCCCCCCCCNC(=O)OC1CCN(C(=O)OC[C@H](COC(=O)N(Cc2cccc[n+]2CC)C(=O)c2ccccc2OC)OC)CC1. The van der Waals surface area contributed by atoms with Gasteiger partial charge in [0, 0.05) is 51.7 Å². The van der Waals surface area contributed by atoms with Crippen molar-refractivity contribution < 1.29 is 47.4 Å². The number of hydrogen-bond donors (Lipinski definition) is 1. The van der Waals surface area contributed by atoms with Crippen LogP contribution in [0.3, 0.4) is 0 Å². The molecule has 0 saturated carbocycles. The number of nitrogens with one attached hydrogen (secondary N) is 1. The maximum Gasteiger partial charge on any atom is 0.417 e. The highest BCUT2D eigenvalue weighted by Gasteiger charge is 2.31. The first-order valence-electron chi connectivity index (χ1n) is 22.3. The largest absolute Gasteiger partial charge is 0.496 e. The molecule has 1 saturated heterocycles. The minimum absolute atomic E-state index is 0.0437. The van der Waals surface area contributed by atoms with Crippen LogP contribution in [0.25, 0.3) is 0 Å². The first-order chi connectivity index (χ1) is 28.8. The van der Waals surface area contributed by atoms with E-state index in [1.54, 1.807) is 29.2 Å². The summed E-state index contributed by atoms with van der Waals surface area (Å²) in [5.74, 6) is -0.257. The van der Waals surface area contributed by atoms with Crippen molar-refractivity contribution in [2.75, 3.05) is 47.1 Å². The van der Waals surface area contributed by atoms with Gasteiger partial charge in [0.25, 0.3) is 5.91 Å². The number of carbonyl (C=O) groups is 4. The van der Waals surface area contributed by atoms with E-state index in [-0.39, 0.29) is 31.4 Å². The Bertz CT molecular complexity index is 1500. The number of amides is 4. The molecule has 59 heavy (non-hydrogen) atoms. The molecular weight excluding hydrogens is 753 g/mol. The number of aryl methyl sites for hydroxylation is 1. The Kier molecular flexibility index (Phi) is 24.7. The molecule has 2 heterocycles. The van der Waals surface area contributed by atoms with Crippen LogP contribution < -0.4 is 14.6 Å². The molecule has 3 rings (SSSR count). The summed E-state index contributed by atoms with van der Waals surface area (Å²) >= 11 is 0. The number of unbranched alkanes of at least 4 members (excludes halogenated alkanes) is 15. The molecular formula is C46H73N4O9+. The molecule has 0 radical (unpaired) electrons. The number of benzene rings is 1. The summed E-state index contributed by atoms with van der Waals surface area (Å²) < 4.78 is 29.4. The van der Waals surface area contributed by atoms with E-state index in [2.05, 4.69) is 12.2 Å². The Morgan fingerprint density at radius 2 is 1.34 bits per heavy atom. The number of ether oxygens (including phenoxy) is 5. The highest BCUT2D eigenvalue weighted by molar-refractivity contribution is 6.04. The number of aromatic nitrogens is 1. The molecule has 0 bridgehead atoms. The van der Waals surface area contributed by atoms with E-state index in [4.69, 9.17) is 23.7 Å². The number of pyridine rings is 1. The molecule has 2 aromatic rings. The molecule has 1 aromatic carbocycles. The molecule has 0 spiro atoms. The van der Waals surface area contributed by atoms with E-state index in [0.29, 0.717) is 44.8 Å². The zero-order valence-corrected chi connectivity index (χ0v) is 36.5. The van der Waals surface area contributed by atoms with Crippen molar-refractivity contribution in [1.29, 1.82) is 0 Å². The number of carbonyl (C=O) groups excluding carboxylic acids is 4. The smallest absolute Gasteiger partial charge is 0.417 e. The summed E-state index contributed by atoms with van der Waals surface area (Å²) in [7, 11) is 2.88. The monoisotopic (exact) mass is 826 g/mol. The first kappa shape index (κ1) is 49.0. The Labute approximate surface area is 353 Å². The van der Waals surface area contributed by atoms with Crippen LogP contribution in [0, 0.1) is 0 Å². The minimum Gasteiger partial charge on any atom is -0.496 e. The fourth-order valence-corrected chi connectivity index (χ4v) is 7.21. The molecule has 1 atom stereocenters. The third-order valence-corrected chi connectivity index (χ3v) is 10.9. The fraction of sp³-hybridized carbons (Fsp3) is 0.674. The predicted molar refractivity (Wildman–Crippen MR) is 227 cm³/mol. The van der Waals surface area contributed by atoms with Crippen molar-refractivity contribution in [3.8, 4) is 5.75 Å². The lowest BCUT2D eigenvalue weighted by Gasteiger charge is -2.31. The molecule has 1 fully saturated rings. The summed E-state index contributed by atoms with van der Waals surface area (Å²) in [5.41, 5.74) is 0.941. The zero-order valence-electron chi connectivity index (χ0n) is 36.5. The normalized spacial score (nSPS) is 13.4. The third-order valence-electron chi connectivity index (χ3n) is 10.9. The molecule has 4 amide bonds. The van der Waals surface area contributed by atoms with Crippen molar-refractivity contribution in [2.45, 2.75) is 155 Å².